The highest BCUT2D eigenvalue weighted by molar-refractivity contribution is 7.89. The van der Waals surface area contributed by atoms with Gasteiger partial charge in [-0.25, -0.2) is 13.2 Å². The molecule has 0 spiro atoms. The monoisotopic (exact) mass is 396 g/mol. The molecule has 11 nitrogen and oxygen atoms in total. The first-order chi connectivity index (χ1) is 12.9. The molecule has 0 aliphatic carbocycles. The van der Waals surface area contributed by atoms with Gasteiger partial charge in [0.15, 0.2) is 5.58 Å². The molecule has 1 aromatic carbocycles. The Hall–Kier alpha value is -2.96. The molecule has 0 saturated carbocycles. The summed E-state index contributed by atoms with van der Waals surface area (Å²) in [5, 5.41) is 8.45. The van der Waals surface area contributed by atoms with Crippen molar-refractivity contribution in [1.82, 2.24) is 14.7 Å². The van der Waals surface area contributed by atoms with Crippen molar-refractivity contribution < 1.29 is 32.3 Å². The quantitative estimate of drug-likeness (QED) is 0.450. The Kier molecular flexibility index (Phi) is 5.39. The predicted molar refractivity (Wildman–Crippen MR) is 92.1 cm³/mol. The van der Waals surface area contributed by atoms with E-state index in [9.17, 15) is 18.0 Å². The van der Waals surface area contributed by atoms with Gasteiger partial charge in [-0.05, 0) is 18.2 Å². The number of morpholine rings is 1. The lowest BCUT2D eigenvalue weighted by Gasteiger charge is -2.25. The van der Waals surface area contributed by atoms with Crippen molar-refractivity contribution in [3.63, 3.8) is 0 Å². The number of carboxylic acids is 1. The van der Waals surface area contributed by atoms with Crippen LogP contribution in [0.2, 0.25) is 0 Å². The van der Waals surface area contributed by atoms with Crippen LogP contribution in [0.4, 0.5) is 6.01 Å². The number of rotatable bonds is 6. The molecular weight excluding hydrogens is 380 g/mol. The first-order valence-corrected chi connectivity index (χ1v) is 9.26. The van der Waals surface area contributed by atoms with Crippen molar-refractivity contribution in [2.45, 2.75) is 4.90 Å². The normalized spacial score (nSPS) is 15.9. The van der Waals surface area contributed by atoms with Gasteiger partial charge in [-0.15, -0.1) is 0 Å². The van der Waals surface area contributed by atoms with Gasteiger partial charge >= 0.3 is 12.0 Å². The van der Waals surface area contributed by atoms with Gasteiger partial charge in [0, 0.05) is 25.2 Å². The lowest BCUT2D eigenvalue weighted by Crippen LogP contribution is -2.40. The number of anilines is 1. The number of fused-ring (bicyclic) bond motifs is 1. The summed E-state index contributed by atoms with van der Waals surface area (Å²) in [4.78, 5) is 25.9. The first-order valence-electron chi connectivity index (χ1n) is 7.82. The van der Waals surface area contributed by atoms with Crippen LogP contribution >= 0.6 is 0 Å². The van der Waals surface area contributed by atoms with E-state index in [1.807, 2.05) is 0 Å². The lowest BCUT2D eigenvalue weighted by atomic mass is 10.3. The molecule has 1 saturated heterocycles. The highest BCUT2D eigenvalue weighted by Gasteiger charge is 2.27. The number of amides is 1. The third-order valence-electron chi connectivity index (χ3n) is 3.64. The average Bonchev–Trinajstić information content (AvgIpc) is 3.07. The summed E-state index contributed by atoms with van der Waals surface area (Å²) in [6.07, 6.45) is 1.48. The van der Waals surface area contributed by atoms with Gasteiger partial charge in [-0.1, -0.05) is 0 Å². The van der Waals surface area contributed by atoms with Gasteiger partial charge in [0.1, 0.15) is 5.52 Å². The van der Waals surface area contributed by atoms with Gasteiger partial charge < -0.3 is 14.3 Å². The summed E-state index contributed by atoms with van der Waals surface area (Å²) in [6, 6.07) is 4.17. The number of hydrazine groups is 1. The van der Waals surface area contributed by atoms with E-state index >= 15 is 0 Å². The summed E-state index contributed by atoms with van der Waals surface area (Å²) in [5.41, 5.74) is 5.15. The minimum absolute atomic E-state index is 0.0742. The van der Waals surface area contributed by atoms with Crippen molar-refractivity contribution in [3.05, 3.63) is 30.4 Å². The smallest absolute Gasteiger partial charge is 0.328 e. The maximum absolute atomic E-state index is 12.7. The number of hydrogen-bond acceptors (Lipinski definition) is 8. The topological polar surface area (TPSA) is 151 Å². The zero-order valence-corrected chi connectivity index (χ0v) is 14.7. The van der Waals surface area contributed by atoms with E-state index in [-0.39, 0.29) is 29.5 Å². The first kappa shape index (κ1) is 18.8. The Morgan fingerprint density at radius 3 is 2.67 bits per heavy atom. The van der Waals surface area contributed by atoms with Gasteiger partial charge in [0.25, 0.3) is 5.91 Å². The average molecular weight is 396 g/mol. The lowest BCUT2D eigenvalue weighted by molar-refractivity contribution is -0.131. The van der Waals surface area contributed by atoms with E-state index in [4.69, 9.17) is 14.3 Å². The molecule has 0 bridgehead atoms. The summed E-state index contributed by atoms with van der Waals surface area (Å²) in [5.74, 6) is -1.99. The van der Waals surface area contributed by atoms with Crippen molar-refractivity contribution >= 4 is 39.0 Å². The highest BCUT2D eigenvalue weighted by Crippen LogP contribution is 2.24. The number of aromatic nitrogens is 1. The third-order valence-corrected chi connectivity index (χ3v) is 5.53. The number of hydrogen-bond donors (Lipinski definition) is 3. The Bertz CT molecular complexity index is 993. The number of sulfonamides is 1. The molecule has 0 atom stereocenters. The van der Waals surface area contributed by atoms with E-state index in [2.05, 4.69) is 15.8 Å². The second kappa shape index (κ2) is 7.73. The Balaban J connectivity index is 1.75. The number of nitrogens with one attached hydrogen (secondary N) is 2. The third kappa shape index (κ3) is 4.42. The molecular formula is C15H16N4O7S. The fraction of sp³-hybridized carbons (Fsp3) is 0.267. The van der Waals surface area contributed by atoms with Crippen LogP contribution in [0.1, 0.15) is 0 Å². The number of carbonyl (C=O) groups excluding carboxylic acids is 1. The Morgan fingerprint density at radius 1 is 1.22 bits per heavy atom. The fourth-order valence-corrected chi connectivity index (χ4v) is 3.79. The van der Waals surface area contributed by atoms with Gasteiger partial charge in [-0.2, -0.15) is 9.29 Å². The highest BCUT2D eigenvalue weighted by atomic mass is 32.2. The Morgan fingerprint density at radius 2 is 1.96 bits per heavy atom. The number of oxazole rings is 1. The van der Waals surface area contributed by atoms with E-state index in [1.165, 1.54) is 22.5 Å². The molecule has 0 unspecified atom stereocenters. The van der Waals surface area contributed by atoms with E-state index in [1.54, 1.807) is 0 Å². The number of carbonyl (C=O) groups is 2. The molecule has 3 rings (SSSR count). The number of nitrogens with zero attached hydrogens (tertiary/aromatic N) is 2. The minimum atomic E-state index is -3.67. The van der Waals surface area contributed by atoms with E-state index in [0.29, 0.717) is 24.9 Å². The maximum atomic E-state index is 12.7. The second-order valence-electron chi connectivity index (χ2n) is 5.45. The predicted octanol–water partition coefficient (Wildman–Crippen LogP) is -0.0674. The molecule has 27 heavy (non-hydrogen) atoms. The zero-order valence-electron chi connectivity index (χ0n) is 13.9. The van der Waals surface area contributed by atoms with E-state index < -0.39 is 21.9 Å². The maximum Gasteiger partial charge on any atom is 0.328 e. The van der Waals surface area contributed by atoms with Crippen LogP contribution in [0.5, 0.6) is 0 Å². The SMILES string of the molecule is O=C(O)C=CC(=O)NNc1nc2cc(S(=O)(=O)N3CCOCC3)ccc2o1. The van der Waals surface area contributed by atoms with Crippen LogP contribution in [-0.2, 0) is 24.3 Å². The number of carboxylic acid groups (broad SMARTS) is 1. The van der Waals surface area contributed by atoms with Gasteiger partial charge in [-0.3, -0.25) is 15.6 Å². The Labute approximate surface area is 153 Å². The summed E-state index contributed by atoms with van der Waals surface area (Å²) < 4.78 is 37.2. The molecule has 0 radical (unpaired) electrons. The standard InChI is InChI=1S/C15H16N4O7S/c20-13(3-4-14(21)22)17-18-15-16-11-9-10(1-2-12(11)26-15)27(23,24)19-5-7-25-8-6-19/h1-4,9H,5-8H2,(H,16,18)(H,17,20)(H,21,22). The number of ether oxygens (including phenoxy) is 1. The van der Waals surface area contributed by atoms with Crippen LogP contribution < -0.4 is 10.9 Å². The van der Waals surface area contributed by atoms with Crippen molar-refractivity contribution in [3.8, 4) is 0 Å². The fourth-order valence-electron chi connectivity index (χ4n) is 2.36. The van der Waals surface area contributed by atoms with Crippen LogP contribution in [0.15, 0.2) is 39.7 Å². The molecule has 12 heteroatoms. The number of benzene rings is 1. The minimum Gasteiger partial charge on any atom is -0.478 e. The molecule has 1 amide bonds. The van der Waals surface area contributed by atoms with Crippen molar-refractivity contribution in [1.29, 1.82) is 0 Å². The second-order valence-corrected chi connectivity index (χ2v) is 7.39. The molecule has 2 aromatic rings. The van der Waals surface area contributed by atoms with Crippen LogP contribution in [0.3, 0.4) is 0 Å². The van der Waals surface area contributed by atoms with Crippen LogP contribution in [0.25, 0.3) is 11.1 Å². The molecule has 1 aliphatic heterocycles. The van der Waals surface area contributed by atoms with Crippen molar-refractivity contribution in [2.75, 3.05) is 31.7 Å². The van der Waals surface area contributed by atoms with Crippen LogP contribution in [0, 0.1) is 0 Å². The van der Waals surface area contributed by atoms with Gasteiger partial charge in [0.2, 0.25) is 10.0 Å². The molecule has 144 valence electrons. The largest absolute Gasteiger partial charge is 0.478 e. The summed E-state index contributed by atoms with van der Waals surface area (Å²) in [6.45, 7) is 1.24. The summed E-state index contributed by atoms with van der Waals surface area (Å²) in [7, 11) is -3.67. The molecule has 1 aliphatic rings. The van der Waals surface area contributed by atoms with Crippen LogP contribution in [-0.4, -0.2) is 61.0 Å². The molecule has 3 N–H and O–H groups in total. The van der Waals surface area contributed by atoms with Crippen molar-refractivity contribution in [2.24, 2.45) is 0 Å². The summed E-state index contributed by atoms with van der Waals surface area (Å²) >= 11 is 0. The molecule has 1 fully saturated rings. The van der Waals surface area contributed by atoms with Gasteiger partial charge in [0.05, 0.1) is 18.1 Å². The number of aliphatic carboxylic acids is 1. The molecule has 2 heterocycles. The van der Waals surface area contributed by atoms with E-state index in [0.717, 1.165) is 6.08 Å². The molecule has 1 aromatic heterocycles. The zero-order chi connectivity index (χ0) is 19.4.